The highest BCUT2D eigenvalue weighted by Gasteiger charge is 2.35. The monoisotopic (exact) mass is 508 g/mol. The van der Waals surface area contributed by atoms with Crippen LogP contribution in [0.25, 0.3) is 22.7 Å². The molecule has 2 amide bonds. The fourth-order valence-corrected chi connectivity index (χ4v) is 4.64. The number of aryl methyl sites for hydroxylation is 1. The molecule has 3 rings (SSSR count). The Kier molecular flexibility index (Phi) is 6.37. The molecule has 3 aromatic heterocycles. The molecule has 0 bridgehead atoms. The van der Waals surface area contributed by atoms with Crippen molar-refractivity contribution in [3.63, 3.8) is 0 Å². The van der Waals surface area contributed by atoms with Gasteiger partial charge in [-0.15, -0.1) is 4.36 Å². The van der Waals surface area contributed by atoms with Crippen molar-refractivity contribution in [2.24, 2.45) is 11.4 Å². The molecule has 0 fully saturated rings. The molecule has 34 heavy (non-hydrogen) atoms. The molecule has 0 spiro atoms. The molecular formula is C19H18F6N6O2S. The zero-order valence-electron chi connectivity index (χ0n) is 18.2. The molecule has 1 unspecified atom stereocenters. The summed E-state index contributed by atoms with van der Waals surface area (Å²) in [5.41, 5.74) is -2.86. The predicted molar refractivity (Wildman–Crippen MR) is 110 cm³/mol. The van der Waals surface area contributed by atoms with Crippen LogP contribution >= 0.6 is 0 Å². The van der Waals surface area contributed by atoms with Gasteiger partial charge in [-0.3, -0.25) is 4.98 Å². The number of nitrogens with zero attached hydrogens (tertiary/aromatic N) is 6. The van der Waals surface area contributed by atoms with E-state index in [0.29, 0.717) is 18.5 Å². The molecule has 15 heteroatoms. The van der Waals surface area contributed by atoms with Crippen LogP contribution in [0.15, 0.2) is 33.8 Å². The number of hydrogen-bond donors (Lipinski definition) is 0. The average Bonchev–Trinajstić information content (AvgIpc) is 3.07. The van der Waals surface area contributed by atoms with E-state index in [-0.39, 0.29) is 28.4 Å². The lowest BCUT2D eigenvalue weighted by Crippen LogP contribution is -2.21. The molecule has 0 aliphatic carbocycles. The van der Waals surface area contributed by atoms with Crippen LogP contribution < -0.4 is 0 Å². The summed E-state index contributed by atoms with van der Waals surface area (Å²) < 4.78 is 97.9. The van der Waals surface area contributed by atoms with E-state index in [0.717, 1.165) is 11.0 Å². The Morgan fingerprint density at radius 1 is 1.06 bits per heavy atom. The largest absolute Gasteiger partial charge is 0.417 e. The third-order valence-electron chi connectivity index (χ3n) is 4.77. The van der Waals surface area contributed by atoms with Gasteiger partial charge in [0, 0.05) is 39.3 Å². The van der Waals surface area contributed by atoms with Gasteiger partial charge < -0.3 is 9.47 Å². The van der Waals surface area contributed by atoms with Crippen LogP contribution in [0.4, 0.5) is 31.1 Å². The third kappa shape index (κ3) is 4.69. The molecule has 184 valence electrons. The van der Waals surface area contributed by atoms with Crippen molar-refractivity contribution in [1.29, 1.82) is 0 Å². The number of halogens is 6. The number of amides is 2. The highest BCUT2D eigenvalue weighted by atomic mass is 32.2. The van der Waals surface area contributed by atoms with E-state index < -0.39 is 44.1 Å². The summed E-state index contributed by atoms with van der Waals surface area (Å²) >= 11 is 0. The van der Waals surface area contributed by atoms with Crippen molar-refractivity contribution in [3.8, 4) is 11.5 Å². The Bertz CT molecular complexity index is 1390. The molecule has 0 aliphatic heterocycles. The van der Waals surface area contributed by atoms with Crippen molar-refractivity contribution in [1.82, 2.24) is 24.4 Å². The second kappa shape index (κ2) is 8.52. The first-order valence-electron chi connectivity index (χ1n) is 9.52. The van der Waals surface area contributed by atoms with Gasteiger partial charge in [-0.25, -0.2) is 19.0 Å². The Labute approximate surface area is 189 Å². The van der Waals surface area contributed by atoms with E-state index in [2.05, 4.69) is 19.3 Å². The first kappa shape index (κ1) is 25.4. The standard InChI is InChI=1S/C19H18F6N6O2S/c1-5-34(33,29-17(32)30(2)3)13-7-11(19(23,24)25)8-26-14(13)16-28-12-6-10(18(20,21)22)9-27-15(12)31(16)4/h6-9H,5H2,1-4H3. The number of alkyl halides is 6. The van der Waals surface area contributed by atoms with Crippen LogP contribution in [0.3, 0.4) is 0 Å². The molecule has 0 aliphatic rings. The van der Waals surface area contributed by atoms with Gasteiger partial charge in [-0.2, -0.15) is 26.3 Å². The molecule has 8 nitrogen and oxygen atoms in total. The lowest BCUT2D eigenvalue weighted by Gasteiger charge is -2.16. The molecule has 0 saturated carbocycles. The molecule has 3 aromatic rings. The predicted octanol–water partition coefficient (Wildman–Crippen LogP) is 4.60. The van der Waals surface area contributed by atoms with Crippen molar-refractivity contribution < 1.29 is 35.3 Å². The summed E-state index contributed by atoms with van der Waals surface area (Å²) in [5, 5.41) is 0. The summed E-state index contributed by atoms with van der Waals surface area (Å²) in [7, 11) is 0.228. The second-order valence-corrected chi connectivity index (χ2v) is 9.81. The Morgan fingerprint density at radius 2 is 1.62 bits per heavy atom. The van der Waals surface area contributed by atoms with Crippen LogP contribution in [0.1, 0.15) is 18.1 Å². The van der Waals surface area contributed by atoms with E-state index in [4.69, 9.17) is 0 Å². The first-order chi connectivity index (χ1) is 15.6. The zero-order valence-corrected chi connectivity index (χ0v) is 19.0. The van der Waals surface area contributed by atoms with Crippen molar-refractivity contribution in [3.05, 3.63) is 35.7 Å². The topological polar surface area (TPSA) is 93.3 Å². The van der Waals surface area contributed by atoms with Crippen LogP contribution in [0, 0.1) is 0 Å². The highest BCUT2D eigenvalue weighted by molar-refractivity contribution is 7.94. The smallest absolute Gasteiger partial charge is 0.328 e. The van der Waals surface area contributed by atoms with Gasteiger partial charge in [0.2, 0.25) is 0 Å². The molecule has 0 radical (unpaired) electrons. The van der Waals surface area contributed by atoms with Crippen LogP contribution in [0.2, 0.25) is 0 Å². The maximum absolute atomic E-state index is 13.6. The lowest BCUT2D eigenvalue weighted by molar-refractivity contribution is -0.138. The molecule has 0 aromatic carbocycles. The number of pyridine rings is 2. The number of carbonyl (C=O) groups is 1. The van der Waals surface area contributed by atoms with Gasteiger partial charge in [0.05, 0.1) is 25.8 Å². The number of urea groups is 1. The summed E-state index contributed by atoms with van der Waals surface area (Å²) in [5.74, 6) is -0.539. The third-order valence-corrected chi connectivity index (χ3v) is 7.00. The molecule has 3 heterocycles. The summed E-state index contributed by atoms with van der Waals surface area (Å²) in [6.07, 6.45) is -8.47. The van der Waals surface area contributed by atoms with Gasteiger partial charge >= 0.3 is 18.4 Å². The van der Waals surface area contributed by atoms with E-state index in [1.54, 1.807) is 0 Å². The number of aromatic nitrogens is 4. The summed E-state index contributed by atoms with van der Waals surface area (Å²) in [6, 6.07) is 0.345. The minimum Gasteiger partial charge on any atom is -0.328 e. The van der Waals surface area contributed by atoms with Crippen LogP contribution in [0.5, 0.6) is 0 Å². The number of carbonyl (C=O) groups excluding carboxylic acids is 1. The van der Waals surface area contributed by atoms with Gasteiger partial charge in [0.25, 0.3) is 0 Å². The number of hydrogen-bond acceptors (Lipinski definition) is 5. The minimum absolute atomic E-state index is 0.0139. The maximum Gasteiger partial charge on any atom is 0.417 e. The van der Waals surface area contributed by atoms with Gasteiger partial charge in [0.15, 0.2) is 11.5 Å². The van der Waals surface area contributed by atoms with Gasteiger partial charge in [-0.05, 0) is 12.1 Å². The molecule has 0 saturated heterocycles. The van der Waals surface area contributed by atoms with E-state index in [1.165, 1.54) is 32.6 Å². The normalized spacial score (nSPS) is 14.2. The van der Waals surface area contributed by atoms with Gasteiger partial charge in [0.1, 0.15) is 11.2 Å². The second-order valence-electron chi connectivity index (χ2n) is 7.32. The van der Waals surface area contributed by atoms with Crippen LogP contribution in [-0.2, 0) is 29.1 Å². The number of imidazole rings is 1. The summed E-state index contributed by atoms with van der Waals surface area (Å²) in [6.45, 7) is 1.37. The fourth-order valence-electron chi connectivity index (χ4n) is 2.93. The Morgan fingerprint density at radius 3 is 2.15 bits per heavy atom. The molecule has 1 atom stereocenters. The highest BCUT2D eigenvalue weighted by Crippen LogP contribution is 2.36. The Hall–Kier alpha value is -3.23. The lowest BCUT2D eigenvalue weighted by atomic mass is 10.2. The van der Waals surface area contributed by atoms with Crippen molar-refractivity contribution >= 4 is 26.9 Å². The Balaban J connectivity index is 2.37. The zero-order chi connectivity index (χ0) is 25.6. The van der Waals surface area contributed by atoms with Crippen molar-refractivity contribution in [2.75, 3.05) is 19.8 Å². The summed E-state index contributed by atoms with van der Waals surface area (Å²) in [4.78, 5) is 24.2. The quantitative estimate of drug-likeness (QED) is 0.483. The van der Waals surface area contributed by atoms with Crippen LogP contribution in [-0.4, -0.2) is 54.5 Å². The number of rotatable bonds is 3. The average molecular weight is 508 g/mol. The minimum atomic E-state index is -4.85. The van der Waals surface area contributed by atoms with E-state index >= 15 is 0 Å². The SMILES string of the molecule is CCS(=O)(=NC(=O)N(C)C)c1cc(C(F)(F)F)cnc1-c1nc2cc(C(F)(F)F)cnc2n1C. The fraction of sp³-hybridized carbons (Fsp3) is 0.368. The first-order valence-corrected chi connectivity index (χ1v) is 11.2. The maximum atomic E-state index is 13.6. The van der Waals surface area contributed by atoms with Gasteiger partial charge in [-0.1, -0.05) is 6.92 Å². The van der Waals surface area contributed by atoms with Crippen molar-refractivity contribution in [2.45, 2.75) is 24.2 Å². The van der Waals surface area contributed by atoms with E-state index in [1.807, 2.05) is 0 Å². The molecular weight excluding hydrogens is 490 g/mol. The molecule has 0 N–H and O–H groups in total. The van der Waals surface area contributed by atoms with E-state index in [9.17, 15) is 35.3 Å². The number of fused-ring (bicyclic) bond motifs is 1.